The molecule has 192 valence electrons. The molecule has 3 aliphatic rings. The predicted molar refractivity (Wildman–Crippen MR) is 136 cm³/mol. The number of aromatic amines is 1. The van der Waals surface area contributed by atoms with Gasteiger partial charge < -0.3 is 20.5 Å². The molecule has 0 bridgehead atoms. The van der Waals surface area contributed by atoms with Crippen molar-refractivity contribution in [1.82, 2.24) is 20.1 Å². The number of thiophene rings is 1. The molecule has 1 unspecified atom stereocenters. The molecule has 2 fully saturated rings. The van der Waals surface area contributed by atoms with Crippen molar-refractivity contribution in [2.45, 2.75) is 18.9 Å². The molecule has 12 heteroatoms. The number of anilines is 1. The summed E-state index contributed by atoms with van der Waals surface area (Å²) >= 11 is 1.28. The molecular formula is C25H26N6O5S. The minimum atomic E-state index is -0.682. The maximum Gasteiger partial charge on any atom is 0.334 e. The molecular weight excluding hydrogens is 496 g/mol. The fourth-order valence-electron chi connectivity index (χ4n) is 5.26. The molecule has 0 spiro atoms. The van der Waals surface area contributed by atoms with Crippen molar-refractivity contribution in [3.05, 3.63) is 46.3 Å². The molecule has 2 aliphatic heterocycles. The monoisotopic (exact) mass is 522 g/mol. The zero-order valence-corrected chi connectivity index (χ0v) is 20.8. The Balaban J connectivity index is 1.34. The van der Waals surface area contributed by atoms with Gasteiger partial charge in [-0.25, -0.2) is 14.8 Å². The molecule has 0 saturated carbocycles. The average molecular weight is 523 g/mol. The number of rotatable bonds is 4. The van der Waals surface area contributed by atoms with Crippen LogP contribution in [0.3, 0.4) is 0 Å². The number of carbonyl (C=O) groups excluding carboxylic acids is 3. The number of ether oxygens (including phenoxy) is 1. The second kappa shape index (κ2) is 9.38. The number of aliphatic hydroxyl groups excluding tert-OH is 1. The van der Waals surface area contributed by atoms with Crippen LogP contribution >= 0.6 is 11.3 Å². The predicted octanol–water partition coefficient (Wildman–Crippen LogP) is 2.08. The maximum absolute atomic E-state index is 13.8. The molecule has 4 N–H and O–H groups in total. The highest BCUT2D eigenvalue weighted by Gasteiger charge is 2.38. The van der Waals surface area contributed by atoms with E-state index >= 15 is 0 Å². The number of β-amino-alcohol motifs (C(OH)–C–C–N with tert-alkyl or cyclic N) is 1. The zero-order chi connectivity index (χ0) is 25.7. The number of hydrazine groups is 1. The summed E-state index contributed by atoms with van der Waals surface area (Å²) in [7, 11) is 0. The largest absolute Gasteiger partial charge is 0.391 e. The van der Waals surface area contributed by atoms with E-state index in [0.717, 1.165) is 6.42 Å². The van der Waals surface area contributed by atoms with Gasteiger partial charge in [0.1, 0.15) is 5.69 Å². The Kier molecular flexibility index (Phi) is 6.03. The van der Waals surface area contributed by atoms with Gasteiger partial charge in [-0.15, -0.1) is 11.3 Å². The van der Waals surface area contributed by atoms with Gasteiger partial charge in [-0.2, -0.15) is 5.10 Å². The number of aromatic nitrogens is 2. The molecule has 37 heavy (non-hydrogen) atoms. The number of aliphatic hydroxyl groups is 1. The number of hydrogen-bond donors (Lipinski definition) is 3. The molecule has 2 saturated heterocycles. The van der Waals surface area contributed by atoms with E-state index in [4.69, 9.17) is 10.5 Å². The number of likely N-dealkylation sites (tertiary alicyclic amines) is 1. The number of nitrogens with two attached hydrogens (primary N) is 1. The van der Waals surface area contributed by atoms with Gasteiger partial charge in [-0.3, -0.25) is 14.7 Å². The highest BCUT2D eigenvalue weighted by Crippen LogP contribution is 2.45. The minimum Gasteiger partial charge on any atom is -0.391 e. The molecule has 2 aromatic heterocycles. The van der Waals surface area contributed by atoms with Crippen molar-refractivity contribution in [1.29, 1.82) is 0 Å². The van der Waals surface area contributed by atoms with Crippen molar-refractivity contribution >= 4 is 34.7 Å². The number of H-pyrrole nitrogens is 1. The molecule has 1 aliphatic carbocycles. The van der Waals surface area contributed by atoms with Gasteiger partial charge in [0.25, 0.3) is 5.91 Å². The smallest absolute Gasteiger partial charge is 0.334 e. The second-order valence-electron chi connectivity index (χ2n) is 9.28. The number of nitrogens with zero attached hydrogens (tertiary/aromatic N) is 4. The summed E-state index contributed by atoms with van der Waals surface area (Å²) in [5, 5.41) is 20.5. The van der Waals surface area contributed by atoms with Crippen LogP contribution in [0, 0.1) is 0 Å². The standard InChI is InChI=1S/C25H26N6O5S/c26-25(35)31(30-9-11-36-12-10-30)16-5-1-4-15-19(16)23(33)20-21(15)27-28-22(20)17-6-7-18(37-17)24(34)29-8-2-3-14(32)13-29/h1,4-7,14,32H,2-3,8-13H2,(H2,26,35)(H,27,28). The van der Waals surface area contributed by atoms with E-state index in [2.05, 4.69) is 10.2 Å². The quantitative estimate of drug-likeness (QED) is 0.372. The molecule has 4 heterocycles. The van der Waals surface area contributed by atoms with Gasteiger partial charge in [0.05, 0.1) is 51.6 Å². The fourth-order valence-corrected chi connectivity index (χ4v) is 6.24. The molecule has 11 nitrogen and oxygen atoms in total. The molecule has 3 aromatic rings. The number of hydrogen-bond acceptors (Lipinski definition) is 8. The summed E-state index contributed by atoms with van der Waals surface area (Å²) in [5.41, 5.74) is 8.60. The topological polar surface area (TPSA) is 145 Å². The summed E-state index contributed by atoms with van der Waals surface area (Å²) in [5.74, 6) is -0.394. The number of amides is 3. The Morgan fingerprint density at radius 3 is 2.73 bits per heavy atom. The third-order valence-corrected chi connectivity index (χ3v) is 8.06. The van der Waals surface area contributed by atoms with Crippen LogP contribution in [0.25, 0.3) is 21.8 Å². The number of morpholine rings is 1. The van der Waals surface area contributed by atoms with Crippen LogP contribution in [0.4, 0.5) is 10.5 Å². The van der Waals surface area contributed by atoms with Gasteiger partial charge in [0, 0.05) is 31.7 Å². The lowest BCUT2D eigenvalue weighted by atomic mass is 10.1. The lowest BCUT2D eigenvalue weighted by Gasteiger charge is -2.36. The molecule has 6 rings (SSSR count). The van der Waals surface area contributed by atoms with Crippen LogP contribution in [-0.2, 0) is 4.74 Å². The van der Waals surface area contributed by atoms with Gasteiger partial charge >= 0.3 is 6.03 Å². The average Bonchev–Trinajstić information content (AvgIpc) is 3.61. The normalized spacial score (nSPS) is 19.5. The number of urea groups is 1. The summed E-state index contributed by atoms with van der Waals surface area (Å²) in [6.45, 7) is 2.78. The molecule has 1 aromatic carbocycles. The number of piperidine rings is 1. The van der Waals surface area contributed by atoms with Gasteiger partial charge in [0.2, 0.25) is 0 Å². The Bertz CT molecular complexity index is 1390. The van der Waals surface area contributed by atoms with Crippen LogP contribution < -0.4 is 10.7 Å². The second-order valence-corrected chi connectivity index (χ2v) is 10.4. The van der Waals surface area contributed by atoms with Crippen LogP contribution in [0.1, 0.15) is 38.4 Å². The van der Waals surface area contributed by atoms with E-state index in [-0.39, 0.29) is 11.7 Å². The Hall–Kier alpha value is -3.58. The highest BCUT2D eigenvalue weighted by molar-refractivity contribution is 7.17. The number of nitrogens with one attached hydrogen (secondary N) is 1. The lowest BCUT2D eigenvalue weighted by Crippen LogP contribution is -2.54. The van der Waals surface area contributed by atoms with Crippen molar-refractivity contribution in [2.75, 3.05) is 44.4 Å². The van der Waals surface area contributed by atoms with E-state index < -0.39 is 12.1 Å². The SMILES string of the molecule is NC(=O)N(c1cccc2c1C(=O)c1c-2n[nH]c1-c1ccc(C(=O)N2CCCC(O)C2)s1)N1CCOCC1. The summed E-state index contributed by atoms with van der Waals surface area (Å²) in [4.78, 5) is 42.2. The first-order valence-corrected chi connectivity index (χ1v) is 13.0. The number of fused-ring (bicyclic) bond motifs is 3. The molecule has 3 amide bonds. The highest BCUT2D eigenvalue weighted by atomic mass is 32.1. The zero-order valence-electron chi connectivity index (χ0n) is 20.0. The molecule has 0 radical (unpaired) electrons. The van der Waals surface area contributed by atoms with Crippen LogP contribution in [0.5, 0.6) is 0 Å². The maximum atomic E-state index is 13.8. The summed E-state index contributed by atoms with van der Waals surface area (Å²) < 4.78 is 5.41. The van der Waals surface area contributed by atoms with E-state index in [0.29, 0.717) is 89.3 Å². The van der Waals surface area contributed by atoms with Crippen molar-refractivity contribution < 1.29 is 24.2 Å². The lowest BCUT2D eigenvalue weighted by molar-refractivity contribution is 0.0364. The van der Waals surface area contributed by atoms with Crippen LogP contribution in [0.2, 0.25) is 0 Å². The van der Waals surface area contributed by atoms with E-state index in [1.54, 1.807) is 40.2 Å². The third kappa shape index (κ3) is 4.02. The van der Waals surface area contributed by atoms with Gasteiger partial charge in [-0.1, -0.05) is 12.1 Å². The third-order valence-electron chi connectivity index (χ3n) is 6.97. The van der Waals surface area contributed by atoms with E-state index in [1.807, 2.05) is 0 Å². The van der Waals surface area contributed by atoms with Crippen molar-refractivity contribution in [2.24, 2.45) is 5.73 Å². The summed E-state index contributed by atoms with van der Waals surface area (Å²) in [6, 6.07) is 8.14. The first-order valence-electron chi connectivity index (χ1n) is 12.2. The number of primary amides is 1. The Morgan fingerprint density at radius 2 is 1.97 bits per heavy atom. The van der Waals surface area contributed by atoms with Gasteiger partial charge in [0.15, 0.2) is 5.78 Å². The fraction of sp³-hybridized carbons (Fsp3) is 0.360. The number of carbonyl (C=O) groups is 3. The van der Waals surface area contributed by atoms with Crippen LogP contribution in [-0.4, -0.2) is 88.4 Å². The first-order chi connectivity index (χ1) is 17.9. The van der Waals surface area contributed by atoms with Crippen molar-refractivity contribution in [3.63, 3.8) is 0 Å². The van der Waals surface area contributed by atoms with E-state index in [9.17, 15) is 19.5 Å². The van der Waals surface area contributed by atoms with E-state index in [1.165, 1.54) is 16.3 Å². The number of ketones is 1. The minimum absolute atomic E-state index is 0.134. The Morgan fingerprint density at radius 1 is 1.16 bits per heavy atom. The molecule has 1 atom stereocenters. The first kappa shape index (κ1) is 23.8. The number of benzene rings is 1. The van der Waals surface area contributed by atoms with Gasteiger partial charge in [-0.05, 0) is 31.0 Å². The van der Waals surface area contributed by atoms with Crippen LogP contribution in [0.15, 0.2) is 30.3 Å². The van der Waals surface area contributed by atoms with Crippen molar-refractivity contribution in [3.8, 4) is 21.8 Å². The Labute approximate surface area is 216 Å². The summed E-state index contributed by atoms with van der Waals surface area (Å²) in [6.07, 6.45) is 0.959.